The standard InChI is InChI=1S/C13H18BrClN2/c14-11-7-9(15)6-10(13(11)17)12(16)8-4-2-1-3-5-8/h6-8,12H,1-5,16-17H2. The van der Waals surface area contributed by atoms with Crippen molar-refractivity contribution in [1.29, 1.82) is 0 Å². The number of nitrogens with two attached hydrogens (primary N) is 2. The first-order chi connectivity index (χ1) is 8.09. The first-order valence-electron chi connectivity index (χ1n) is 6.09. The summed E-state index contributed by atoms with van der Waals surface area (Å²) in [5, 5.41) is 0.687. The van der Waals surface area contributed by atoms with E-state index in [2.05, 4.69) is 15.9 Å². The monoisotopic (exact) mass is 316 g/mol. The van der Waals surface area contributed by atoms with Gasteiger partial charge in [-0.25, -0.2) is 0 Å². The highest BCUT2D eigenvalue weighted by molar-refractivity contribution is 9.10. The lowest BCUT2D eigenvalue weighted by Gasteiger charge is -2.28. The second-order valence-electron chi connectivity index (χ2n) is 4.81. The van der Waals surface area contributed by atoms with Crippen molar-refractivity contribution in [1.82, 2.24) is 0 Å². The minimum atomic E-state index is 0.00491. The molecular weight excluding hydrogens is 300 g/mol. The Morgan fingerprint density at radius 1 is 1.24 bits per heavy atom. The fourth-order valence-corrected chi connectivity index (χ4v) is 3.46. The first kappa shape index (κ1) is 13.2. The Morgan fingerprint density at radius 2 is 1.88 bits per heavy atom. The van der Waals surface area contributed by atoms with Crippen molar-refractivity contribution >= 4 is 33.2 Å². The van der Waals surface area contributed by atoms with E-state index in [4.69, 9.17) is 23.1 Å². The number of hydrogen-bond acceptors (Lipinski definition) is 2. The van der Waals surface area contributed by atoms with Crippen LogP contribution < -0.4 is 11.5 Å². The van der Waals surface area contributed by atoms with Crippen molar-refractivity contribution in [3.63, 3.8) is 0 Å². The third-order valence-corrected chi connectivity index (χ3v) is 4.52. The molecule has 1 aromatic carbocycles. The third-order valence-electron chi connectivity index (χ3n) is 3.64. The first-order valence-corrected chi connectivity index (χ1v) is 7.26. The Hall–Kier alpha value is -0.250. The van der Waals surface area contributed by atoms with Gasteiger partial charge in [0, 0.05) is 15.5 Å². The number of rotatable bonds is 2. The molecule has 17 heavy (non-hydrogen) atoms. The molecule has 0 heterocycles. The summed E-state index contributed by atoms with van der Waals surface area (Å²) in [6.07, 6.45) is 6.29. The molecule has 4 heteroatoms. The van der Waals surface area contributed by atoms with Crippen LogP contribution in [-0.4, -0.2) is 0 Å². The molecule has 1 saturated carbocycles. The van der Waals surface area contributed by atoms with Gasteiger partial charge < -0.3 is 11.5 Å². The van der Waals surface area contributed by atoms with Crippen LogP contribution >= 0.6 is 27.5 Å². The van der Waals surface area contributed by atoms with Crippen molar-refractivity contribution in [2.45, 2.75) is 38.1 Å². The molecule has 1 fully saturated rings. The molecule has 1 unspecified atom stereocenters. The van der Waals surface area contributed by atoms with Crippen LogP contribution in [0.5, 0.6) is 0 Å². The summed E-state index contributed by atoms with van der Waals surface area (Å²) in [4.78, 5) is 0. The summed E-state index contributed by atoms with van der Waals surface area (Å²) in [5.41, 5.74) is 14.1. The van der Waals surface area contributed by atoms with E-state index in [0.29, 0.717) is 10.9 Å². The molecule has 0 amide bonds. The zero-order chi connectivity index (χ0) is 12.4. The van der Waals surface area contributed by atoms with E-state index in [0.717, 1.165) is 15.7 Å². The largest absolute Gasteiger partial charge is 0.398 e. The third kappa shape index (κ3) is 2.95. The smallest absolute Gasteiger partial charge is 0.0508 e. The maximum absolute atomic E-state index is 6.35. The molecule has 1 atom stereocenters. The van der Waals surface area contributed by atoms with Gasteiger partial charge in [0.05, 0.1) is 5.69 Å². The second-order valence-corrected chi connectivity index (χ2v) is 6.11. The van der Waals surface area contributed by atoms with Gasteiger partial charge in [-0.2, -0.15) is 0 Å². The van der Waals surface area contributed by atoms with E-state index in [9.17, 15) is 0 Å². The van der Waals surface area contributed by atoms with Crippen LogP contribution in [-0.2, 0) is 0 Å². The average molecular weight is 318 g/mol. The highest BCUT2D eigenvalue weighted by atomic mass is 79.9. The molecule has 1 aromatic rings. The van der Waals surface area contributed by atoms with E-state index in [-0.39, 0.29) is 6.04 Å². The minimum absolute atomic E-state index is 0.00491. The highest BCUT2D eigenvalue weighted by Gasteiger charge is 2.24. The zero-order valence-corrected chi connectivity index (χ0v) is 12.1. The van der Waals surface area contributed by atoms with Crippen LogP contribution in [0.2, 0.25) is 5.02 Å². The average Bonchev–Trinajstić information content (AvgIpc) is 2.34. The predicted molar refractivity (Wildman–Crippen MR) is 77.1 cm³/mol. The molecule has 0 spiro atoms. The lowest BCUT2D eigenvalue weighted by atomic mass is 9.81. The number of halogens is 2. The van der Waals surface area contributed by atoms with Crippen LogP contribution in [0, 0.1) is 5.92 Å². The van der Waals surface area contributed by atoms with Crippen LogP contribution in [0.4, 0.5) is 5.69 Å². The van der Waals surface area contributed by atoms with E-state index < -0.39 is 0 Å². The van der Waals surface area contributed by atoms with E-state index in [1.807, 2.05) is 12.1 Å². The van der Waals surface area contributed by atoms with Crippen LogP contribution in [0.3, 0.4) is 0 Å². The zero-order valence-electron chi connectivity index (χ0n) is 9.76. The predicted octanol–water partition coefficient (Wildman–Crippen LogP) is 4.26. The Bertz CT molecular complexity index is 403. The summed E-state index contributed by atoms with van der Waals surface area (Å²) in [7, 11) is 0. The Labute approximate surface area is 116 Å². The fraction of sp³-hybridized carbons (Fsp3) is 0.538. The van der Waals surface area contributed by atoms with Crippen LogP contribution in [0.15, 0.2) is 16.6 Å². The normalized spacial score (nSPS) is 19.2. The van der Waals surface area contributed by atoms with Gasteiger partial charge in [-0.15, -0.1) is 0 Å². The molecule has 4 N–H and O–H groups in total. The van der Waals surface area contributed by atoms with Crippen molar-refractivity contribution in [2.75, 3.05) is 5.73 Å². The molecule has 2 rings (SSSR count). The van der Waals surface area contributed by atoms with Crippen molar-refractivity contribution in [3.8, 4) is 0 Å². The van der Waals surface area contributed by atoms with Crippen molar-refractivity contribution in [3.05, 3.63) is 27.2 Å². The molecule has 1 aliphatic rings. The molecule has 0 bridgehead atoms. The molecule has 0 saturated heterocycles. The van der Waals surface area contributed by atoms with Crippen molar-refractivity contribution in [2.24, 2.45) is 11.7 Å². The van der Waals surface area contributed by atoms with Gasteiger partial charge in [0.25, 0.3) is 0 Å². The van der Waals surface area contributed by atoms with Crippen LogP contribution in [0.25, 0.3) is 0 Å². The van der Waals surface area contributed by atoms with Gasteiger partial charge in [-0.05, 0) is 52.4 Å². The summed E-state index contributed by atoms with van der Waals surface area (Å²) in [6.45, 7) is 0. The number of hydrogen-bond donors (Lipinski definition) is 2. The maximum atomic E-state index is 6.35. The summed E-state index contributed by atoms with van der Waals surface area (Å²) >= 11 is 9.49. The SMILES string of the molecule is Nc1c(Br)cc(Cl)cc1C(N)C1CCCCC1. The Morgan fingerprint density at radius 3 is 2.53 bits per heavy atom. The molecular formula is C13H18BrClN2. The summed E-state index contributed by atoms with van der Waals surface area (Å²) < 4.78 is 0.839. The van der Waals surface area contributed by atoms with Gasteiger partial charge in [-0.3, -0.25) is 0 Å². The summed E-state index contributed by atoms with van der Waals surface area (Å²) in [6, 6.07) is 3.72. The highest BCUT2D eigenvalue weighted by Crippen LogP contribution is 2.38. The van der Waals surface area contributed by atoms with E-state index >= 15 is 0 Å². The van der Waals surface area contributed by atoms with Gasteiger partial charge in [0.2, 0.25) is 0 Å². The van der Waals surface area contributed by atoms with Crippen molar-refractivity contribution < 1.29 is 0 Å². The lowest BCUT2D eigenvalue weighted by molar-refractivity contribution is 0.308. The number of nitrogen functional groups attached to an aromatic ring is 1. The molecule has 0 aliphatic heterocycles. The summed E-state index contributed by atoms with van der Waals surface area (Å²) in [5.74, 6) is 0.538. The van der Waals surface area contributed by atoms with Gasteiger partial charge in [0.1, 0.15) is 0 Å². The second kappa shape index (κ2) is 5.59. The molecule has 94 valence electrons. The Balaban J connectivity index is 2.26. The molecule has 0 radical (unpaired) electrons. The lowest BCUT2D eigenvalue weighted by Crippen LogP contribution is -2.24. The van der Waals surface area contributed by atoms with E-state index in [1.165, 1.54) is 32.1 Å². The molecule has 0 aromatic heterocycles. The number of benzene rings is 1. The molecule has 2 nitrogen and oxygen atoms in total. The fourth-order valence-electron chi connectivity index (χ4n) is 2.63. The quantitative estimate of drug-likeness (QED) is 0.801. The van der Waals surface area contributed by atoms with E-state index in [1.54, 1.807) is 0 Å². The maximum Gasteiger partial charge on any atom is 0.0508 e. The molecule has 1 aliphatic carbocycles. The van der Waals surface area contributed by atoms with Crippen LogP contribution in [0.1, 0.15) is 43.7 Å². The van der Waals surface area contributed by atoms with Gasteiger partial charge in [-0.1, -0.05) is 30.9 Å². The van der Waals surface area contributed by atoms with Gasteiger partial charge in [0.15, 0.2) is 0 Å². The minimum Gasteiger partial charge on any atom is -0.398 e. The Kier molecular flexibility index (Phi) is 4.34. The van der Waals surface area contributed by atoms with Gasteiger partial charge >= 0.3 is 0 Å². The topological polar surface area (TPSA) is 52.0 Å². The number of anilines is 1.